The number of benzene rings is 1. The number of phenolic OH excluding ortho intramolecular Hbond substituents is 1. The van der Waals surface area contributed by atoms with Crippen LogP contribution in [-0.4, -0.2) is 21.5 Å². The van der Waals surface area contributed by atoms with E-state index >= 15 is 0 Å². The number of aryl methyl sites for hydroxylation is 1. The van der Waals surface area contributed by atoms with E-state index < -0.39 is 18.3 Å². The largest absolute Gasteiger partial charge is 0.506 e. The van der Waals surface area contributed by atoms with E-state index in [0.29, 0.717) is 0 Å². The number of alkyl halides is 2. The van der Waals surface area contributed by atoms with Crippen LogP contribution in [0.1, 0.15) is 0 Å². The zero-order chi connectivity index (χ0) is 15.0. The van der Waals surface area contributed by atoms with Gasteiger partial charge >= 0.3 is 6.61 Å². The second kappa shape index (κ2) is 5.41. The summed E-state index contributed by atoms with van der Waals surface area (Å²) in [6.07, 6.45) is 0. The second-order valence-electron chi connectivity index (χ2n) is 3.75. The van der Waals surface area contributed by atoms with Gasteiger partial charge in [0.1, 0.15) is 22.3 Å². The fraction of sp³-hybridized carbons (Fsp3) is 0.182. The maximum atomic E-state index is 13.8. The van der Waals surface area contributed by atoms with E-state index in [1.807, 2.05) is 0 Å². The van der Waals surface area contributed by atoms with Crippen LogP contribution in [0.2, 0.25) is 10.0 Å². The van der Waals surface area contributed by atoms with E-state index in [-0.39, 0.29) is 27.1 Å². The Morgan fingerprint density at radius 3 is 2.60 bits per heavy atom. The third kappa shape index (κ3) is 2.64. The molecular weight excluding hydrogens is 320 g/mol. The van der Waals surface area contributed by atoms with Crippen LogP contribution < -0.4 is 4.74 Å². The molecule has 0 saturated carbocycles. The molecule has 1 N–H and O–H groups in total. The Morgan fingerprint density at radius 2 is 2.00 bits per heavy atom. The summed E-state index contributed by atoms with van der Waals surface area (Å²) in [5, 5.41) is 12.8. The van der Waals surface area contributed by atoms with E-state index in [2.05, 4.69) is 9.84 Å². The maximum absolute atomic E-state index is 13.8. The molecule has 0 aliphatic heterocycles. The Balaban J connectivity index is 2.57. The van der Waals surface area contributed by atoms with Crippen molar-refractivity contribution in [3.05, 3.63) is 28.0 Å². The number of aromatic hydroxyl groups is 1. The molecule has 0 amide bonds. The van der Waals surface area contributed by atoms with E-state index in [0.717, 1.165) is 16.8 Å². The highest BCUT2D eigenvalue weighted by molar-refractivity contribution is 6.34. The summed E-state index contributed by atoms with van der Waals surface area (Å²) < 4.78 is 43.4. The van der Waals surface area contributed by atoms with E-state index in [1.165, 1.54) is 7.05 Å². The average Bonchev–Trinajstić information content (AvgIpc) is 2.61. The van der Waals surface area contributed by atoms with Gasteiger partial charge in [-0.1, -0.05) is 23.2 Å². The number of ether oxygens (including phenoxy) is 1. The van der Waals surface area contributed by atoms with E-state index in [4.69, 9.17) is 23.2 Å². The monoisotopic (exact) mass is 326 g/mol. The van der Waals surface area contributed by atoms with Gasteiger partial charge in [0, 0.05) is 12.6 Å². The first-order valence-electron chi connectivity index (χ1n) is 5.17. The lowest BCUT2D eigenvalue weighted by Gasteiger charge is -2.04. The molecular formula is C11H7Cl2F3N2O2. The summed E-state index contributed by atoms with van der Waals surface area (Å²) in [4.78, 5) is 0. The number of nitrogens with zero attached hydrogens (tertiary/aromatic N) is 2. The molecule has 0 atom stereocenters. The standard InChI is InChI=1S/C11H7Cl2F3N2O2/c1-18-10(20-11(15)16)8(13)9(17-18)4-2-7(19)5(12)3-6(4)14/h2-3,11,19H,1H3. The fourth-order valence-electron chi connectivity index (χ4n) is 1.59. The van der Waals surface area contributed by atoms with Gasteiger partial charge in [-0.2, -0.15) is 13.9 Å². The van der Waals surface area contributed by atoms with Gasteiger partial charge < -0.3 is 9.84 Å². The predicted molar refractivity (Wildman–Crippen MR) is 66.9 cm³/mol. The topological polar surface area (TPSA) is 47.3 Å². The number of aromatic nitrogens is 2. The Kier molecular flexibility index (Phi) is 4.01. The van der Waals surface area contributed by atoms with Crippen molar-refractivity contribution in [2.24, 2.45) is 7.05 Å². The maximum Gasteiger partial charge on any atom is 0.388 e. The molecule has 0 saturated heterocycles. The Labute approximate surface area is 121 Å². The lowest BCUT2D eigenvalue weighted by atomic mass is 10.1. The smallest absolute Gasteiger partial charge is 0.388 e. The first-order chi connectivity index (χ1) is 9.31. The molecule has 1 heterocycles. The summed E-state index contributed by atoms with van der Waals surface area (Å²) in [5.74, 6) is -1.61. The van der Waals surface area contributed by atoms with Gasteiger partial charge in [-0.05, 0) is 12.1 Å². The van der Waals surface area contributed by atoms with Gasteiger partial charge in [-0.3, -0.25) is 0 Å². The van der Waals surface area contributed by atoms with Crippen LogP contribution in [0.15, 0.2) is 12.1 Å². The molecule has 1 aromatic heterocycles. The van der Waals surface area contributed by atoms with Crippen molar-refractivity contribution in [2.45, 2.75) is 6.61 Å². The van der Waals surface area contributed by atoms with Crippen molar-refractivity contribution in [2.75, 3.05) is 0 Å². The van der Waals surface area contributed by atoms with Crippen LogP contribution in [0, 0.1) is 5.82 Å². The summed E-state index contributed by atoms with van der Waals surface area (Å²) in [6, 6.07) is 1.86. The van der Waals surface area contributed by atoms with Crippen LogP contribution in [0.3, 0.4) is 0 Å². The van der Waals surface area contributed by atoms with Crippen LogP contribution in [0.5, 0.6) is 11.6 Å². The van der Waals surface area contributed by atoms with Crippen LogP contribution in [-0.2, 0) is 7.05 Å². The predicted octanol–water partition coefficient (Wildman–Crippen LogP) is 3.84. The normalized spacial score (nSPS) is 11.2. The highest BCUT2D eigenvalue weighted by Gasteiger charge is 2.23. The third-order valence-electron chi connectivity index (χ3n) is 2.43. The molecule has 2 aromatic rings. The molecule has 0 fully saturated rings. The van der Waals surface area contributed by atoms with Gasteiger partial charge in [0.2, 0.25) is 5.88 Å². The molecule has 0 spiro atoms. The van der Waals surface area contributed by atoms with Gasteiger partial charge in [0.15, 0.2) is 0 Å². The number of hydrogen-bond acceptors (Lipinski definition) is 3. The quantitative estimate of drug-likeness (QED) is 0.932. The zero-order valence-electron chi connectivity index (χ0n) is 9.87. The van der Waals surface area contributed by atoms with Crippen molar-refractivity contribution >= 4 is 23.2 Å². The van der Waals surface area contributed by atoms with Crippen molar-refractivity contribution in [1.29, 1.82) is 0 Å². The first-order valence-corrected chi connectivity index (χ1v) is 5.92. The van der Waals surface area contributed by atoms with Crippen molar-refractivity contribution in [3.8, 4) is 22.9 Å². The lowest BCUT2D eigenvalue weighted by Crippen LogP contribution is -2.06. The van der Waals surface area contributed by atoms with Gasteiger partial charge in [0.05, 0.1) is 5.02 Å². The highest BCUT2D eigenvalue weighted by Crippen LogP contribution is 2.39. The molecule has 0 radical (unpaired) electrons. The molecule has 0 aliphatic rings. The SMILES string of the molecule is Cn1nc(-c2cc(O)c(Cl)cc2F)c(Cl)c1OC(F)F. The van der Waals surface area contributed by atoms with Crippen molar-refractivity contribution in [1.82, 2.24) is 9.78 Å². The molecule has 4 nitrogen and oxygen atoms in total. The molecule has 2 rings (SSSR count). The number of rotatable bonds is 3. The van der Waals surface area contributed by atoms with Gasteiger partial charge in [-0.15, -0.1) is 0 Å². The lowest BCUT2D eigenvalue weighted by molar-refractivity contribution is -0.0552. The molecule has 0 bridgehead atoms. The Hall–Kier alpha value is -1.60. The summed E-state index contributed by atoms with van der Waals surface area (Å²) in [7, 11) is 1.31. The minimum Gasteiger partial charge on any atom is -0.506 e. The molecule has 0 aliphatic carbocycles. The van der Waals surface area contributed by atoms with Gasteiger partial charge in [-0.25, -0.2) is 9.07 Å². The molecule has 20 heavy (non-hydrogen) atoms. The first kappa shape index (κ1) is 14.8. The van der Waals surface area contributed by atoms with E-state index in [9.17, 15) is 18.3 Å². The Morgan fingerprint density at radius 1 is 1.35 bits per heavy atom. The second-order valence-corrected chi connectivity index (χ2v) is 4.54. The zero-order valence-corrected chi connectivity index (χ0v) is 11.4. The fourth-order valence-corrected chi connectivity index (χ4v) is 2.04. The van der Waals surface area contributed by atoms with Gasteiger partial charge in [0.25, 0.3) is 0 Å². The van der Waals surface area contributed by atoms with Crippen molar-refractivity contribution in [3.63, 3.8) is 0 Å². The van der Waals surface area contributed by atoms with Crippen LogP contribution in [0.4, 0.5) is 13.2 Å². The van der Waals surface area contributed by atoms with E-state index in [1.54, 1.807) is 0 Å². The minimum absolute atomic E-state index is 0.144. The number of phenols is 1. The number of hydrogen-bond donors (Lipinski definition) is 1. The van der Waals surface area contributed by atoms with Crippen LogP contribution in [0.25, 0.3) is 11.3 Å². The minimum atomic E-state index is -3.10. The summed E-state index contributed by atoms with van der Waals surface area (Å²) >= 11 is 11.4. The average molecular weight is 327 g/mol. The van der Waals surface area contributed by atoms with Crippen LogP contribution >= 0.6 is 23.2 Å². The molecule has 9 heteroatoms. The molecule has 0 unspecified atom stereocenters. The van der Waals surface area contributed by atoms with Crippen molar-refractivity contribution < 1.29 is 23.0 Å². The highest BCUT2D eigenvalue weighted by atomic mass is 35.5. The summed E-state index contributed by atoms with van der Waals surface area (Å²) in [6.45, 7) is -3.10. The number of halogens is 5. The Bertz CT molecular complexity index is 662. The third-order valence-corrected chi connectivity index (χ3v) is 3.08. The molecule has 1 aromatic carbocycles. The molecule has 108 valence electrons. The summed E-state index contributed by atoms with van der Waals surface area (Å²) in [5.41, 5.74) is -0.328.